The van der Waals surface area contributed by atoms with Gasteiger partial charge < -0.3 is 14.8 Å². The molecule has 0 aliphatic heterocycles. The zero-order chi connectivity index (χ0) is 23.0. The third-order valence-corrected chi connectivity index (χ3v) is 5.29. The van der Waals surface area contributed by atoms with E-state index in [2.05, 4.69) is 38.4 Å². The highest BCUT2D eigenvalue weighted by atomic mass is 127. The van der Waals surface area contributed by atoms with Crippen molar-refractivity contribution in [2.24, 2.45) is 11.0 Å². The number of hydrogen-bond acceptors (Lipinski definition) is 5. The maximum Gasteiger partial charge on any atom is 0.262 e. The minimum atomic E-state index is -0.765. The number of rotatable bonds is 9. The number of carbonyl (C=O) groups excluding carboxylic acids is 2. The Morgan fingerprint density at radius 1 is 1.26 bits per heavy atom. The second kappa shape index (κ2) is 11.9. The molecule has 0 fully saturated rings. The van der Waals surface area contributed by atoms with Crippen molar-refractivity contribution in [1.82, 2.24) is 10.7 Å². The normalized spacial score (nSPS) is 12.0. The van der Waals surface area contributed by atoms with Gasteiger partial charge in [-0.05, 0) is 71.3 Å². The van der Waals surface area contributed by atoms with Crippen LogP contribution in [0.3, 0.4) is 0 Å². The predicted octanol–water partition coefficient (Wildman–Crippen LogP) is 4.26. The lowest BCUT2D eigenvalue weighted by atomic mass is 10.0. The van der Waals surface area contributed by atoms with Gasteiger partial charge in [-0.3, -0.25) is 9.59 Å². The molecule has 31 heavy (non-hydrogen) atoms. The summed E-state index contributed by atoms with van der Waals surface area (Å²) < 4.78 is 11.8. The molecule has 0 radical (unpaired) electrons. The van der Waals surface area contributed by atoms with Crippen LogP contribution in [0.25, 0.3) is 0 Å². The molecule has 166 valence electrons. The molecule has 1 atom stereocenters. The van der Waals surface area contributed by atoms with E-state index in [1.54, 1.807) is 37.4 Å². The average molecular weight is 558 g/mol. The van der Waals surface area contributed by atoms with Gasteiger partial charge in [0.05, 0.1) is 23.5 Å². The van der Waals surface area contributed by atoms with Crippen LogP contribution < -0.4 is 20.2 Å². The van der Waals surface area contributed by atoms with E-state index in [4.69, 9.17) is 21.1 Å². The second-order valence-corrected chi connectivity index (χ2v) is 8.51. The molecule has 0 aliphatic carbocycles. The van der Waals surface area contributed by atoms with Gasteiger partial charge in [-0.25, -0.2) is 5.43 Å². The lowest BCUT2D eigenvalue weighted by Gasteiger charge is -2.20. The Morgan fingerprint density at radius 2 is 2.00 bits per heavy atom. The fourth-order valence-electron chi connectivity index (χ4n) is 2.73. The number of hydrogen-bond donors (Lipinski definition) is 2. The average Bonchev–Trinajstić information content (AvgIpc) is 2.73. The lowest BCUT2D eigenvalue weighted by Crippen LogP contribution is -2.48. The topological polar surface area (TPSA) is 89.0 Å². The second-order valence-electron chi connectivity index (χ2n) is 6.91. The molecule has 0 spiro atoms. The van der Waals surface area contributed by atoms with Crippen molar-refractivity contribution in [2.45, 2.75) is 26.8 Å². The molecule has 9 heteroatoms. The first-order chi connectivity index (χ1) is 14.8. The highest BCUT2D eigenvalue weighted by molar-refractivity contribution is 14.1. The van der Waals surface area contributed by atoms with Gasteiger partial charge in [-0.15, -0.1) is 0 Å². The summed E-state index contributed by atoms with van der Waals surface area (Å²) in [5.74, 6) is 0.288. The summed E-state index contributed by atoms with van der Waals surface area (Å²) in [6, 6.07) is 9.41. The molecule has 2 amide bonds. The molecule has 7 nitrogen and oxygen atoms in total. The highest BCUT2D eigenvalue weighted by Crippen LogP contribution is 2.33. The molecule has 0 aromatic heterocycles. The van der Waals surface area contributed by atoms with Crippen molar-refractivity contribution in [3.8, 4) is 11.5 Å². The molecular formula is C22H25ClIN3O4. The van der Waals surface area contributed by atoms with Crippen molar-refractivity contribution in [3.05, 3.63) is 56.1 Å². The van der Waals surface area contributed by atoms with E-state index in [0.29, 0.717) is 28.7 Å². The Morgan fingerprint density at radius 3 is 2.61 bits per heavy atom. The van der Waals surface area contributed by atoms with Gasteiger partial charge in [-0.1, -0.05) is 31.5 Å². The molecule has 0 saturated carbocycles. The standard InChI is InChI=1S/C22H25ClIN3O4/c1-5-31-20-17(24)9-14(10-18(20)30-4)12-25-27-22(29)19(13(2)3)26-21(28)15-7-6-8-16(23)11-15/h6-13,19H,5H2,1-4H3,(H,26,28)(H,27,29)/b25-12+. The Kier molecular flexibility index (Phi) is 9.57. The fraction of sp³-hybridized carbons (Fsp3) is 0.318. The van der Waals surface area contributed by atoms with Crippen molar-refractivity contribution in [3.63, 3.8) is 0 Å². The Bertz CT molecular complexity index is 966. The van der Waals surface area contributed by atoms with Crippen LogP contribution in [-0.2, 0) is 4.79 Å². The van der Waals surface area contributed by atoms with Crippen molar-refractivity contribution < 1.29 is 19.1 Å². The van der Waals surface area contributed by atoms with E-state index in [0.717, 1.165) is 9.13 Å². The van der Waals surface area contributed by atoms with Gasteiger partial charge in [-0.2, -0.15) is 5.10 Å². The number of carbonyl (C=O) groups is 2. The SMILES string of the molecule is CCOc1c(I)cc(/C=N/NC(=O)C(NC(=O)c2cccc(Cl)c2)C(C)C)cc1OC. The molecule has 0 aliphatic rings. The summed E-state index contributed by atoms with van der Waals surface area (Å²) in [5.41, 5.74) is 3.60. The van der Waals surface area contributed by atoms with Crippen LogP contribution >= 0.6 is 34.2 Å². The zero-order valence-electron chi connectivity index (χ0n) is 17.7. The first kappa shape index (κ1) is 24.9. The van der Waals surface area contributed by atoms with Crippen LogP contribution in [0, 0.1) is 9.49 Å². The summed E-state index contributed by atoms with van der Waals surface area (Å²) in [6.07, 6.45) is 1.51. The maximum absolute atomic E-state index is 12.6. The van der Waals surface area contributed by atoms with E-state index < -0.39 is 11.9 Å². The quantitative estimate of drug-likeness (QED) is 0.274. The van der Waals surface area contributed by atoms with Crippen molar-refractivity contribution in [1.29, 1.82) is 0 Å². The van der Waals surface area contributed by atoms with Gasteiger partial charge in [0, 0.05) is 10.6 Å². The molecule has 1 unspecified atom stereocenters. The summed E-state index contributed by atoms with van der Waals surface area (Å²) in [4.78, 5) is 25.1. The minimum absolute atomic E-state index is 0.148. The molecule has 2 aromatic carbocycles. The van der Waals surface area contributed by atoms with Gasteiger partial charge >= 0.3 is 0 Å². The summed E-state index contributed by atoms with van der Waals surface area (Å²) >= 11 is 8.09. The summed E-state index contributed by atoms with van der Waals surface area (Å²) in [5, 5.41) is 7.22. The smallest absolute Gasteiger partial charge is 0.262 e. The predicted molar refractivity (Wildman–Crippen MR) is 130 cm³/mol. The Hall–Kier alpha value is -2.33. The molecule has 2 rings (SSSR count). The van der Waals surface area contributed by atoms with Crippen LogP contribution in [0.4, 0.5) is 0 Å². The highest BCUT2D eigenvalue weighted by Gasteiger charge is 2.24. The number of nitrogens with zero attached hydrogens (tertiary/aromatic N) is 1. The monoisotopic (exact) mass is 557 g/mol. The number of halogens is 2. The number of amides is 2. The number of hydrazone groups is 1. The van der Waals surface area contributed by atoms with Crippen molar-refractivity contribution in [2.75, 3.05) is 13.7 Å². The summed E-state index contributed by atoms with van der Waals surface area (Å²) in [7, 11) is 1.56. The van der Waals surface area contributed by atoms with Crippen LogP contribution in [0.5, 0.6) is 11.5 Å². The first-order valence-electron chi connectivity index (χ1n) is 9.66. The Labute approximate surface area is 200 Å². The first-order valence-corrected chi connectivity index (χ1v) is 11.1. The van der Waals surface area contributed by atoms with Crippen molar-refractivity contribution >= 4 is 52.2 Å². The number of ether oxygens (including phenoxy) is 2. The molecule has 2 aromatic rings. The third-order valence-electron chi connectivity index (χ3n) is 4.25. The lowest BCUT2D eigenvalue weighted by molar-refractivity contribution is -0.123. The van der Waals surface area contributed by atoms with E-state index in [9.17, 15) is 9.59 Å². The Balaban J connectivity index is 2.08. The van der Waals surface area contributed by atoms with Gasteiger partial charge in [0.1, 0.15) is 6.04 Å². The number of nitrogens with one attached hydrogen (secondary N) is 2. The fourth-order valence-corrected chi connectivity index (χ4v) is 3.70. The van der Waals surface area contributed by atoms with Crippen LogP contribution in [0.2, 0.25) is 5.02 Å². The van der Waals surface area contributed by atoms with Gasteiger partial charge in [0.15, 0.2) is 11.5 Å². The minimum Gasteiger partial charge on any atom is -0.493 e. The molecule has 0 saturated heterocycles. The number of benzene rings is 2. The molecule has 2 N–H and O–H groups in total. The van der Waals surface area contributed by atoms with E-state index in [-0.39, 0.29) is 11.8 Å². The van der Waals surface area contributed by atoms with Gasteiger partial charge in [0.25, 0.3) is 11.8 Å². The summed E-state index contributed by atoms with van der Waals surface area (Å²) in [6.45, 7) is 6.10. The zero-order valence-corrected chi connectivity index (χ0v) is 20.7. The largest absolute Gasteiger partial charge is 0.493 e. The van der Waals surface area contributed by atoms with E-state index in [1.165, 1.54) is 6.21 Å². The molecule has 0 bridgehead atoms. The number of methoxy groups -OCH3 is 1. The maximum atomic E-state index is 12.6. The van der Waals surface area contributed by atoms with E-state index in [1.807, 2.05) is 26.8 Å². The molecule has 0 heterocycles. The van der Waals surface area contributed by atoms with Crippen LogP contribution in [0.1, 0.15) is 36.7 Å². The molecular weight excluding hydrogens is 533 g/mol. The van der Waals surface area contributed by atoms with E-state index >= 15 is 0 Å². The van der Waals surface area contributed by atoms with Crippen LogP contribution in [0.15, 0.2) is 41.5 Å². The van der Waals surface area contributed by atoms with Gasteiger partial charge in [0.2, 0.25) is 0 Å². The van der Waals surface area contributed by atoms with Crippen LogP contribution in [-0.4, -0.2) is 37.8 Å². The third kappa shape index (κ3) is 7.10.